The number of carbonyl (C=O) groups is 1. The maximum absolute atomic E-state index is 13.2. The molecule has 7 heteroatoms. The summed E-state index contributed by atoms with van der Waals surface area (Å²) in [4.78, 5) is 27.1. The first-order valence-electron chi connectivity index (χ1n) is 11.8. The first kappa shape index (κ1) is 22.5. The van der Waals surface area contributed by atoms with Crippen molar-refractivity contribution in [1.29, 1.82) is 0 Å². The quantitative estimate of drug-likeness (QED) is 0.584. The van der Waals surface area contributed by atoms with Gasteiger partial charge in [-0.2, -0.15) is 0 Å². The molecule has 2 aromatic carbocycles. The van der Waals surface area contributed by atoms with Gasteiger partial charge in [-0.25, -0.2) is 14.4 Å². The number of hydrogen-bond acceptors (Lipinski definition) is 5. The minimum absolute atomic E-state index is 0.0361. The van der Waals surface area contributed by atoms with Crippen LogP contribution < -0.4 is 4.90 Å². The number of morpholine rings is 1. The molecule has 0 spiro atoms. The number of benzene rings is 2. The van der Waals surface area contributed by atoms with E-state index in [0.717, 1.165) is 41.6 Å². The predicted molar refractivity (Wildman–Crippen MR) is 128 cm³/mol. The number of fused-ring (bicyclic) bond motifs is 1. The fraction of sp³-hybridized carbons (Fsp3) is 0.370. The van der Waals surface area contributed by atoms with Gasteiger partial charge in [-0.3, -0.25) is 4.79 Å². The van der Waals surface area contributed by atoms with Crippen LogP contribution in [0.1, 0.15) is 33.8 Å². The fourth-order valence-electron chi connectivity index (χ4n) is 4.67. The lowest BCUT2D eigenvalue weighted by Gasteiger charge is -2.34. The average Bonchev–Trinajstić information content (AvgIpc) is 2.85. The van der Waals surface area contributed by atoms with Crippen molar-refractivity contribution < 1.29 is 13.9 Å². The summed E-state index contributed by atoms with van der Waals surface area (Å²) >= 11 is 0. The molecule has 2 aliphatic heterocycles. The van der Waals surface area contributed by atoms with Crippen molar-refractivity contribution >= 4 is 11.7 Å². The summed E-state index contributed by atoms with van der Waals surface area (Å²) in [6, 6.07) is 14.6. The third kappa shape index (κ3) is 5.09. The molecule has 0 unspecified atom stereocenters. The van der Waals surface area contributed by atoms with E-state index in [1.54, 1.807) is 12.1 Å². The van der Waals surface area contributed by atoms with Gasteiger partial charge in [0.2, 0.25) is 5.91 Å². The van der Waals surface area contributed by atoms with Crippen LogP contribution in [0.5, 0.6) is 0 Å². The third-order valence-electron chi connectivity index (χ3n) is 6.46. The lowest BCUT2D eigenvalue weighted by Crippen LogP contribution is -2.41. The summed E-state index contributed by atoms with van der Waals surface area (Å²) in [7, 11) is 0. The number of rotatable bonds is 5. The summed E-state index contributed by atoms with van der Waals surface area (Å²) in [6.07, 6.45) is 1.64. The SMILES string of the molecule is Cc1cccc(Cc2nc3c(c(N4CCOCC4)n2)CN(C(=O)Cc2ccc(F)cc2)CC3)c1. The largest absolute Gasteiger partial charge is 0.378 e. The molecule has 6 nitrogen and oxygen atoms in total. The van der Waals surface area contributed by atoms with E-state index in [2.05, 4.69) is 36.1 Å². The van der Waals surface area contributed by atoms with Crippen LogP contribution in [-0.4, -0.2) is 53.6 Å². The summed E-state index contributed by atoms with van der Waals surface area (Å²) in [5, 5.41) is 0. The van der Waals surface area contributed by atoms with Crippen molar-refractivity contribution in [3.8, 4) is 0 Å². The number of nitrogens with zero attached hydrogens (tertiary/aromatic N) is 4. The van der Waals surface area contributed by atoms with E-state index >= 15 is 0 Å². The van der Waals surface area contributed by atoms with E-state index in [-0.39, 0.29) is 18.1 Å². The topological polar surface area (TPSA) is 58.6 Å². The summed E-state index contributed by atoms with van der Waals surface area (Å²) in [6.45, 7) is 6.09. The molecular formula is C27H29FN4O2. The molecule has 0 radical (unpaired) electrons. The Labute approximate surface area is 199 Å². The lowest BCUT2D eigenvalue weighted by molar-refractivity contribution is -0.131. The molecule has 1 fully saturated rings. The zero-order chi connectivity index (χ0) is 23.5. The van der Waals surface area contributed by atoms with Crippen molar-refractivity contribution in [2.75, 3.05) is 37.7 Å². The van der Waals surface area contributed by atoms with E-state index in [9.17, 15) is 9.18 Å². The smallest absolute Gasteiger partial charge is 0.227 e. The van der Waals surface area contributed by atoms with E-state index in [0.29, 0.717) is 39.1 Å². The van der Waals surface area contributed by atoms with E-state index in [1.807, 2.05) is 4.90 Å². The van der Waals surface area contributed by atoms with Gasteiger partial charge >= 0.3 is 0 Å². The molecular weight excluding hydrogens is 431 g/mol. The normalized spacial score (nSPS) is 15.8. The Balaban J connectivity index is 1.41. The lowest BCUT2D eigenvalue weighted by atomic mass is 10.0. The zero-order valence-electron chi connectivity index (χ0n) is 19.5. The number of hydrogen-bond donors (Lipinski definition) is 0. The molecule has 1 amide bonds. The summed E-state index contributed by atoms with van der Waals surface area (Å²) < 4.78 is 18.8. The monoisotopic (exact) mass is 460 g/mol. The van der Waals surface area contributed by atoms with Crippen molar-refractivity contribution in [1.82, 2.24) is 14.9 Å². The van der Waals surface area contributed by atoms with Gasteiger partial charge in [-0.15, -0.1) is 0 Å². The number of carbonyl (C=O) groups excluding carboxylic acids is 1. The summed E-state index contributed by atoms with van der Waals surface area (Å²) in [5.41, 5.74) is 5.30. The van der Waals surface area contributed by atoms with Gasteiger partial charge in [0.25, 0.3) is 0 Å². The van der Waals surface area contributed by atoms with Gasteiger partial charge in [0, 0.05) is 38.0 Å². The standard InChI is InChI=1S/C27H29FN4O2/c1-19-3-2-4-21(15-19)16-25-29-24-9-10-32(26(33)17-20-5-7-22(28)8-6-20)18-23(24)27(30-25)31-11-13-34-14-12-31/h2-8,15H,9-14,16-18H2,1H3. The van der Waals surface area contributed by atoms with Crippen LogP contribution in [-0.2, 0) is 35.3 Å². The Kier molecular flexibility index (Phi) is 6.54. The highest BCUT2D eigenvalue weighted by atomic mass is 19.1. The number of aryl methyl sites for hydroxylation is 1. The Hall–Kier alpha value is -3.32. The zero-order valence-corrected chi connectivity index (χ0v) is 19.5. The summed E-state index contributed by atoms with van der Waals surface area (Å²) in [5.74, 6) is 1.48. The van der Waals surface area contributed by atoms with Gasteiger partial charge in [0.05, 0.1) is 31.9 Å². The van der Waals surface area contributed by atoms with E-state index in [4.69, 9.17) is 14.7 Å². The second-order valence-electron chi connectivity index (χ2n) is 9.02. The minimum Gasteiger partial charge on any atom is -0.378 e. The number of anilines is 1. The van der Waals surface area contributed by atoms with Crippen LogP contribution in [0.4, 0.5) is 10.2 Å². The van der Waals surface area contributed by atoms with Crippen LogP contribution in [0.3, 0.4) is 0 Å². The minimum atomic E-state index is -0.295. The Morgan fingerprint density at radius 2 is 1.82 bits per heavy atom. The third-order valence-corrected chi connectivity index (χ3v) is 6.46. The van der Waals surface area contributed by atoms with Crippen molar-refractivity contribution in [3.05, 3.63) is 88.1 Å². The number of ether oxygens (including phenoxy) is 1. The number of aromatic nitrogens is 2. The van der Waals surface area contributed by atoms with Crippen LogP contribution in [0.15, 0.2) is 48.5 Å². The molecule has 0 N–H and O–H groups in total. The maximum atomic E-state index is 13.2. The van der Waals surface area contributed by atoms with Gasteiger partial charge < -0.3 is 14.5 Å². The first-order chi connectivity index (χ1) is 16.5. The van der Waals surface area contributed by atoms with Gasteiger partial charge in [-0.1, -0.05) is 42.0 Å². The molecule has 176 valence electrons. The number of halogens is 1. The maximum Gasteiger partial charge on any atom is 0.227 e. The van der Waals surface area contributed by atoms with Crippen molar-refractivity contribution in [3.63, 3.8) is 0 Å². The highest BCUT2D eigenvalue weighted by Gasteiger charge is 2.28. The van der Waals surface area contributed by atoms with E-state index < -0.39 is 0 Å². The second kappa shape index (κ2) is 9.89. The van der Waals surface area contributed by atoms with Crippen LogP contribution in [0.2, 0.25) is 0 Å². The van der Waals surface area contributed by atoms with E-state index in [1.165, 1.54) is 23.3 Å². The van der Waals surface area contributed by atoms with Crippen molar-refractivity contribution in [2.45, 2.75) is 32.7 Å². The molecule has 2 aliphatic rings. The molecule has 34 heavy (non-hydrogen) atoms. The molecule has 1 saturated heterocycles. The van der Waals surface area contributed by atoms with Gasteiger partial charge in [0.15, 0.2) is 0 Å². The predicted octanol–water partition coefficient (Wildman–Crippen LogP) is 3.48. The molecule has 0 atom stereocenters. The highest BCUT2D eigenvalue weighted by molar-refractivity contribution is 5.79. The Bertz CT molecular complexity index is 1180. The molecule has 0 bridgehead atoms. The number of amides is 1. The van der Waals surface area contributed by atoms with Gasteiger partial charge in [0.1, 0.15) is 17.5 Å². The average molecular weight is 461 g/mol. The van der Waals surface area contributed by atoms with Crippen LogP contribution >= 0.6 is 0 Å². The molecule has 1 aromatic heterocycles. The highest BCUT2D eigenvalue weighted by Crippen LogP contribution is 2.28. The fourth-order valence-corrected chi connectivity index (χ4v) is 4.67. The second-order valence-corrected chi connectivity index (χ2v) is 9.02. The van der Waals surface area contributed by atoms with Crippen molar-refractivity contribution in [2.24, 2.45) is 0 Å². The molecule has 5 rings (SSSR count). The van der Waals surface area contributed by atoms with Crippen LogP contribution in [0, 0.1) is 12.7 Å². The van der Waals surface area contributed by atoms with Crippen LogP contribution in [0.25, 0.3) is 0 Å². The Morgan fingerprint density at radius 3 is 2.59 bits per heavy atom. The molecule has 3 heterocycles. The molecule has 0 saturated carbocycles. The first-order valence-corrected chi connectivity index (χ1v) is 11.8. The Morgan fingerprint density at radius 1 is 1.03 bits per heavy atom. The van der Waals surface area contributed by atoms with Gasteiger partial charge in [-0.05, 0) is 30.2 Å². The molecule has 0 aliphatic carbocycles. The molecule has 3 aromatic rings.